The zero-order chi connectivity index (χ0) is 15.2. The molecule has 0 unspecified atom stereocenters. The number of oxime groups is 1. The third-order valence-corrected chi connectivity index (χ3v) is 4.12. The van der Waals surface area contributed by atoms with Crippen LogP contribution in [0.5, 0.6) is 0 Å². The lowest BCUT2D eigenvalue weighted by Gasteiger charge is -2.07. The number of carbonyl (C=O) groups is 1. The highest BCUT2D eigenvalue weighted by molar-refractivity contribution is 7.10. The zero-order valence-electron chi connectivity index (χ0n) is 11.7. The lowest BCUT2D eigenvalue weighted by molar-refractivity contribution is 0.0951. The number of carbonyl (C=O) groups excluding carboxylic acids is 1. The van der Waals surface area contributed by atoms with Gasteiger partial charge in [-0.25, -0.2) is 0 Å². The van der Waals surface area contributed by atoms with Crippen molar-refractivity contribution < 1.29 is 10.0 Å². The molecule has 2 aromatic rings. The first-order valence-corrected chi connectivity index (χ1v) is 7.45. The Labute approximate surface area is 127 Å². The van der Waals surface area contributed by atoms with Crippen molar-refractivity contribution in [2.24, 2.45) is 10.9 Å². The number of hydrogen-bond donors (Lipinski definition) is 3. The minimum Gasteiger partial charge on any atom is -0.409 e. The third-order valence-electron chi connectivity index (χ3n) is 3.16. The minimum atomic E-state index is -0.182. The second kappa shape index (κ2) is 6.90. The average Bonchev–Trinajstić information content (AvgIpc) is 2.99. The van der Waals surface area contributed by atoms with Gasteiger partial charge >= 0.3 is 0 Å². The molecule has 1 heterocycles. The topological polar surface area (TPSA) is 87.7 Å². The van der Waals surface area contributed by atoms with E-state index in [1.165, 1.54) is 10.4 Å². The third kappa shape index (κ3) is 3.61. The van der Waals surface area contributed by atoms with Gasteiger partial charge in [-0.05, 0) is 35.6 Å². The lowest BCUT2D eigenvalue weighted by Crippen LogP contribution is -2.23. The Hall–Kier alpha value is -2.34. The quantitative estimate of drug-likeness (QED) is 0.343. The first kappa shape index (κ1) is 15.1. The molecule has 0 aliphatic rings. The molecule has 0 fully saturated rings. The second-order valence-corrected chi connectivity index (χ2v) is 5.47. The molecule has 0 atom stereocenters. The maximum absolute atomic E-state index is 12.2. The Bertz CT molecular complexity index is 664. The first-order valence-electron chi connectivity index (χ1n) is 6.57. The molecule has 0 spiro atoms. The second-order valence-electron chi connectivity index (χ2n) is 4.47. The van der Waals surface area contributed by atoms with E-state index in [1.807, 2.05) is 5.38 Å². The number of rotatable bonds is 5. The zero-order valence-corrected chi connectivity index (χ0v) is 12.5. The fourth-order valence-corrected chi connectivity index (χ4v) is 2.89. The number of benzene rings is 1. The largest absolute Gasteiger partial charge is 0.409 e. The average molecular weight is 303 g/mol. The molecular weight excluding hydrogens is 286 g/mol. The summed E-state index contributed by atoms with van der Waals surface area (Å²) < 4.78 is 0. The maximum atomic E-state index is 12.2. The molecule has 1 aromatic carbocycles. The van der Waals surface area contributed by atoms with Crippen LogP contribution in [0.1, 0.15) is 33.3 Å². The standard InChI is InChI=1S/C15H17N3O2S/c1-2-10-6-7-21-13(10)9-17-15(19)12-5-3-4-11(8-12)14(16)18-20/h3-8,20H,2,9H2,1H3,(H2,16,18)(H,17,19). The number of amidine groups is 1. The van der Waals surface area contributed by atoms with Gasteiger partial charge < -0.3 is 16.3 Å². The smallest absolute Gasteiger partial charge is 0.251 e. The van der Waals surface area contributed by atoms with E-state index in [0.29, 0.717) is 17.7 Å². The van der Waals surface area contributed by atoms with E-state index >= 15 is 0 Å². The van der Waals surface area contributed by atoms with Crippen LogP contribution < -0.4 is 11.1 Å². The molecule has 0 radical (unpaired) electrons. The van der Waals surface area contributed by atoms with E-state index in [1.54, 1.807) is 35.6 Å². The highest BCUT2D eigenvalue weighted by Gasteiger charge is 2.09. The van der Waals surface area contributed by atoms with E-state index < -0.39 is 0 Å². The summed E-state index contributed by atoms with van der Waals surface area (Å²) in [5.41, 5.74) is 7.77. The van der Waals surface area contributed by atoms with E-state index in [-0.39, 0.29) is 11.7 Å². The molecule has 6 heteroatoms. The van der Waals surface area contributed by atoms with Crippen molar-refractivity contribution in [2.45, 2.75) is 19.9 Å². The predicted octanol–water partition coefficient (Wildman–Crippen LogP) is 2.33. The van der Waals surface area contributed by atoms with Gasteiger partial charge in [0.25, 0.3) is 5.91 Å². The SMILES string of the molecule is CCc1ccsc1CNC(=O)c1cccc(/C(N)=N/O)c1. The summed E-state index contributed by atoms with van der Waals surface area (Å²) in [4.78, 5) is 13.3. The molecule has 5 nitrogen and oxygen atoms in total. The molecule has 21 heavy (non-hydrogen) atoms. The van der Waals surface area contributed by atoms with Gasteiger partial charge in [0.05, 0.1) is 6.54 Å². The Kier molecular flexibility index (Phi) is 4.94. The molecule has 0 aliphatic carbocycles. The van der Waals surface area contributed by atoms with Gasteiger partial charge in [0.1, 0.15) is 0 Å². The number of amides is 1. The lowest BCUT2D eigenvalue weighted by atomic mass is 10.1. The Morgan fingerprint density at radius 1 is 1.38 bits per heavy atom. The van der Waals surface area contributed by atoms with Crippen LogP contribution in [0, 0.1) is 0 Å². The van der Waals surface area contributed by atoms with Crippen molar-refractivity contribution in [3.05, 3.63) is 57.3 Å². The van der Waals surface area contributed by atoms with Gasteiger partial charge in [0.15, 0.2) is 5.84 Å². The maximum Gasteiger partial charge on any atom is 0.251 e. The fourth-order valence-electron chi connectivity index (χ4n) is 1.98. The van der Waals surface area contributed by atoms with E-state index in [9.17, 15) is 4.79 Å². The van der Waals surface area contributed by atoms with E-state index in [2.05, 4.69) is 23.5 Å². The molecular formula is C15H17N3O2S. The minimum absolute atomic E-state index is 0.0174. The van der Waals surface area contributed by atoms with Gasteiger partial charge in [-0.1, -0.05) is 24.2 Å². The molecule has 0 aliphatic heterocycles. The molecule has 1 aromatic heterocycles. The number of thiophene rings is 1. The highest BCUT2D eigenvalue weighted by atomic mass is 32.1. The van der Waals surface area contributed by atoms with Gasteiger partial charge in [0, 0.05) is 16.0 Å². The van der Waals surface area contributed by atoms with E-state index in [0.717, 1.165) is 6.42 Å². The molecule has 110 valence electrons. The van der Waals surface area contributed by atoms with Crippen LogP contribution in [0.3, 0.4) is 0 Å². The summed E-state index contributed by atoms with van der Waals surface area (Å²) in [6, 6.07) is 8.74. The predicted molar refractivity (Wildman–Crippen MR) is 83.8 cm³/mol. The Balaban J connectivity index is 2.07. The molecule has 1 amide bonds. The van der Waals surface area contributed by atoms with Crippen LogP contribution in [0.2, 0.25) is 0 Å². The van der Waals surface area contributed by atoms with Gasteiger partial charge in [-0.15, -0.1) is 11.3 Å². The molecule has 0 saturated carbocycles. The normalized spacial score (nSPS) is 11.4. The number of nitrogens with zero attached hydrogens (tertiary/aromatic N) is 1. The van der Waals surface area contributed by atoms with Crippen molar-refractivity contribution in [1.82, 2.24) is 5.32 Å². The van der Waals surface area contributed by atoms with Crippen molar-refractivity contribution in [1.29, 1.82) is 0 Å². The number of hydrogen-bond acceptors (Lipinski definition) is 4. The number of nitrogens with one attached hydrogen (secondary N) is 1. The van der Waals surface area contributed by atoms with Crippen LogP contribution in [0.25, 0.3) is 0 Å². The number of nitrogens with two attached hydrogens (primary N) is 1. The van der Waals surface area contributed by atoms with Gasteiger partial charge in [-0.2, -0.15) is 0 Å². The Morgan fingerprint density at radius 2 is 2.14 bits per heavy atom. The van der Waals surface area contributed by atoms with Gasteiger partial charge in [0.2, 0.25) is 0 Å². The van der Waals surface area contributed by atoms with Crippen LogP contribution in [-0.4, -0.2) is 17.0 Å². The van der Waals surface area contributed by atoms with Crippen LogP contribution in [0.4, 0.5) is 0 Å². The summed E-state index contributed by atoms with van der Waals surface area (Å²) in [6.07, 6.45) is 0.952. The van der Waals surface area contributed by atoms with E-state index in [4.69, 9.17) is 10.9 Å². The van der Waals surface area contributed by atoms with Crippen LogP contribution in [-0.2, 0) is 13.0 Å². The summed E-state index contributed by atoms with van der Waals surface area (Å²) in [5, 5.41) is 16.5. The fraction of sp³-hybridized carbons (Fsp3) is 0.200. The molecule has 0 bridgehead atoms. The molecule has 0 saturated heterocycles. The van der Waals surface area contributed by atoms with Crippen LogP contribution in [0.15, 0.2) is 40.9 Å². The van der Waals surface area contributed by atoms with Crippen molar-refractivity contribution in [3.8, 4) is 0 Å². The summed E-state index contributed by atoms with van der Waals surface area (Å²) in [7, 11) is 0. The highest BCUT2D eigenvalue weighted by Crippen LogP contribution is 2.17. The monoisotopic (exact) mass is 303 g/mol. The van der Waals surface area contributed by atoms with Crippen molar-refractivity contribution in [2.75, 3.05) is 0 Å². The Morgan fingerprint density at radius 3 is 2.86 bits per heavy atom. The first-order chi connectivity index (χ1) is 10.2. The summed E-state index contributed by atoms with van der Waals surface area (Å²) in [5.74, 6) is -0.200. The van der Waals surface area contributed by atoms with Crippen LogP contribution >= 0.6 is 11.3 Å². The van der Waals surface area contributed by atoms with Crippen molar-refractivity contribution >= 4 is 23.1 Å². The molecule has 2 rings (SSSR count). The number of aryl methyl sites for hydroxylation is 1. The van der Waals surface area contributed by atoms with Crippen molar-refractivity contribution in [3.63, 3.8) is 0 Å². The van der Waals surface area contributed by atoms with Gasteiger partial charge in [-0.3, -0.25) is 4.79 Å². The summed E-state index contributed by atoms with van der Waals surface area (Å²) in [6.45, 7) is 2.60. The molecule has 4 N–H and O–H groups in total. The summed E-state index contributed by atoms with van der Waals surface area (Å²) >= 11 is 1.64.